The average molecular weight is 446 g/mol. The quantitative estimate of drug-likeness (QED) is 0.691. The topological polar surface area (TPSA) is 95.6 Å². The molecule has 9 heteroatoms. The smallest absolute Gasteiger partial charge is 0.313 e. The molecule has 164 valence electrons. The van der Waals surface area contributed by atoms with Crippen molar-refractivity contribution in [3.05, 3.63) is 59.4 Å². The molecule has 0 bridgehead atoms. The van der Waals surface area contributed by atoms with E-state index in [0.29, 0.717) is 17.9 Å². The van der Waals surface area contributed by atoms with Crippen molar-refractivity contribution >= 4 is 33.2 Å². The van der Waals surface area contributed by atoms with Crippen molar-refractivity contribution < 1.29 is 22.4 Å². The largest absolute Gasteiger partial charge is 0.347 e. The van der Waals surface area contributed by atoms with Crippen LogP contribution in [0.15, 0.2) is 42.5 Å². The van der Waals surface area contributed by atoms with Gasteiger partial charge in [0.15, 0.2) is 0 Å². The molecule has 0 aromatic heterocycles. The molecule has 2 aliphatic rings. The Morgan fingerprint density at radius 2 is 1.81 bits per heavy atom. The number of aryl methyl sites for hydroxylation is 1. The SMILES string of the molecule is CS(=O)(=O)N1CCCc2ccc(NC(=O)C(=O)NCC3(c4ccc(F)cc4)CC3)cc21. The Morgan fingerprint density at radius 3 is 2.45 bits per heavy atom. The third-order valence-corrected chi connectivity index (χ3v) is 7.10. The molecular weight excluding hydrogens is 421 g/mol. The highest BCUT2D eigenvalue weighted by atomic mass is 32.2. The van der Waals surface area contributed by atoms with Crippen LogP contribution in [0.2, 0.25) is 0 Å². The fraction of sp³-hybridized carbons (Fsp3) is 0.364. The highest BCUT2D eigenvalue weighted by Gasteiger charge is 2.44. The third kappa shape index (κ3) is 4.56. The average Bonchev–Trinajstić information content (AvgIpc) is 3.52. The summed E-state index contributed by atoms with van der Waals surface area (Å²) >= 11 is 0. The Balaban J connectivity index is 1.41. The van der Waals surface area contributed by atoms with Gasteiger partial charge in [0.1, 0.15) is 5.82 Å². The van der Waals surface area contributed by atoms with E-state index in [1.807, 2.05) is 0 Å². The van der Waals surface area contributed by atoms with Crippen molar-refractivity contribution in [1.29, 1.82) is 0 Å². The summed E-state index contributed by atoms with van der Waals surface area (Å²) in [6, 6.07) is 11.2. The van der Waals surface area contributed by atoms with Gasteiger partial charge in [0, 0.05) is 24.2 Å². The first-order chi connectivity index (χ1) is 14.7. The van der Waals surface area contributed by atoms with Crippen LogP contribution in [-0.4, -0.2) is 39.6 Å². The zero-order valence-electron chi connectivity index (χ0n) is 17.2. The van der Waals surface area contributed by atoms with Crippen LogP contribution < -0.4 is 14.9 Å². The van der Waals surface area contributed by atoms with Gasteiger partial charge in [-0.25, -0.2) is 12.8 Å². The molecule has 2 N–H and O–H groups in total. The number of carbonyl (C=O) groups is 2. The van der Waals surface area contributed by atoms with Crippen LogP contribution in [0.4, 0.5) is 15.8 Å². The van der Waals surface area contributed by atoms with Crippen molar-refractivity contribution in [1.82, 2.24) is 5.32 Å². The lowest BCUT2D eigenvalue weighted by Crippen LogP contribution is -2.39. The molecule has 1 heterocycles. The van der Waals surface area contributed by atoms with Crippen LogP contribution in [0.5, 0.6) is 0 Å². The molecule has 2 amide bonds. The predicted molar refractivity (Wildman–Crippen MR) is 116 cm³/mol. The van der Waals surface area contributed by atoms with Crippen molar-refractivity contribution in [2.45, 2.75) is 31.1 Å². The summed E-state index contributed by atoms with van der Waals surface area (Å²) in [5, 5.41) is 5.21. The van der Waals surface area contributed by atoms with E-state index in [-0.39, 0.29) is 17.8 Å². The summed E-state index contributed by atoms with van der Waals surface area (Å²) in [5.74, 6) is -1.91. The molecule has 4 rings (SSSR count). The Morgan fingerprint density at radius 1 is 1.10 bits per heavy atom. The Kier molecular flexibility index (Phi) is 5.47. The summed E-state index contributed by atoms with van der Waals surface area (Å²) in [4.78, 5) is 24.7. The second kappa shape index (κ2) is 7.96. The van der Waals surface area contributed by atoms with Crippen molar-refractivity contribution in [3.8, 4) is 0 Å². The summed E-state index contributed by atoms with van der Waals surface area (Å²) in [5.41, 5.74) is 2.44. The molecule has 2 aromatic rings. The van der Waals surface area contributed by atoms with Crippen LogP contribution in [0.25, 0.3) is 0 Å². The normalized spacial score (nSPS) is 16.9. The lowest BCUT2D eigenvalue weighted by atomic mass is 9.96. The first-order valence-corrected chi connectivity index (χ1v) is 12.0. The number of nitrogens with one attached hydrogen (secondary N) is 2. The van der Waals surface area contributed by atoms with E-state index < -0.39 is 21.8 Å². The molecule has 31 heavy (non-hydrogen) atoms. The zero-order chi connectivity index (χ0) is 22.2. The molecule has 1 saturated carbocycles. The van der Waals surface area contributed by atoms with Gasteiger partial charge in [0.25, 0.3) is 0 Å². The molecule has 7 nitrogen and oxygen atoms in total. The van der Waals surface area contributed by atoms with E-state index in [0.717, 1.165) is 43.1 Å². The Labute approximate surface area is 180 Å². The van der Waals surface area contributed by atoms with Crippen molar-refractivity contribution in [3.63, 3.8) is 0 Å². The predicted octanol–water partition coefficient (Wildman–Crippen LogP) is 2.32. The maximum absolute atomic E-state index is 13.2. The second-order valence-corrected chi connectivity index (χ2v) is 10.1. The van der Waals surface area contributed by atoms with Gasteiger partial charge in [0.2, 0.25) is 10.0 Å². The molecule has 0 radical (unpaired) electrons. The summed E-state index contributed by atoms with van der Waals surface area (Å²) in [6.45, 7) is 0.673. The van der Waals surface area contributed by atoms with E-state index in [9.17, 15) is 22.4 Å². The summed E-state index contributed by atoms with van der Waals surface area (Å²) in [7, 11) is -3.43. The maximum atomic E-state index is 13.2. The minimum Gasteiger partial charge on any atom is -0.347 e. The van der Waals surface area contributed by atoms with Gasteiger partial charge in [-0.2, -0.15) is 0 Å². The number of benzene rings is 2. The zero-order valence-corrected chi connectivity index (χ0v) is 18.0. The number of sulfonamides is 1. The fourth-order valence-electron chi connectivity index (χ4n) is 4.00. The lowest BCUT2D eigenvalue weighted by Gasteiger charge is -2.29. The number of anilines is 2. The number of halogens is 1. The van der Waals surface area contributed by atoms with E-state index in [2.05, 4.69) is 10.6 Å². The first-order valence-electron chi connectivity index (χ1n) is 10.1. The van der Waals surface area contributed by atoms with Gasteiger partial charge in [-0.05, 0) is 61.1 Å². The lowest BCUT2D eigenvalue weighted by molar-refractivity contribution is -0.136. The van der Waals surface area contributed by atoms with Gasteiger partial charge in [-0.3, -0.25) is 13.9 Å². The second-order valence-electron chi connectivity index (χ2n) is 8.21. The van der Waals surface area contributed by atoms with Crippen LogP contribution >= 0.6 is 0 Å². The standard InChI is InChI=1S/C22H24FN3O4S/c1-31(29,30)26-12-2-3-15-4-9-18(13-19(15)26)25-21(28)20(27)24-14-22(10-11-22)16-5-7-17(23)8-6-16/h4-9,13H,2-3,10-12,14H2,1H3,(H,24,27)(H,25,28). The number of fused-ring (bicyclic) bond motifs is 1. The van der Waals surface area contributed by atoms with Crippen LogP contribution in [0.3, 0.4) is 0 Å². The third-order valence-electron chi connectivity index (χ3n) is 5.92. The molecule has 0 spiro atoms. The van der Waals surface area contributed by atoms with Gasteiger partial charge in [0.05, 0.1) is 11.9 Å². The number of carbonyl (C=O) groups excluding carboxylic acids is 2. The molecule has 1 aliphatic carbocycles. The summed E-state index contributed by atoms with van der Waals surface area (Å²) in [6.07, 6.45) is 4.33. The van der Waals surface area contributed by atoms with Gasteiger partial charge >= 0.3 is 11.8 Å². The van der Waals surface area contributed by atoms with Crippen LogP contribution in [-0.2, 0) is 31.4 Å². The van der Waals surface area contributed by atoms with Crippen LogP contribution in [0, 0.1) is 5.82 Å². The number of amides is 2. The molecule has 2 aromatic carbocycles. The number of nitrogens with zero attached hydrogens (tertiary/aromatic N) is 1. The van der Waals surface area contributed by atoms with E-state index in [1.54, 1.807) is 30.3 Å². The monoisotopic (exact) mass is 445 g/mol. The molecule has 1 fully saturated rings. The van der Waals surface area contributed by atoms with Gasteiger partial charge in [-0.15, -0.1) is 0 Å². The fourth-order valence-corrected chi connectivity index (χ4v) is 4.99. The number of hydrogen-bond donors (Lipinski definition) is 2. The minimum atomic E-state index is -3.43. The minimum absolute atomic E-state index is 0.258. The van der Waals surface area contributed by atoms with Gasteiger partial charge < -0.3 is 10.6 Å². The first kappa shape index (κ1) is 21.3. The molecular formula is C22H24FN3O4S. The Bertz CT molecular complexity index is 1130. The van der Waals surface area contributed by atoms with Crippen molar-refractivity contribution in [2.24, 2.45) is 0 Å². The van der Waals surface area contributed by atoms with E-state index in [4.69, 9.17) is 0 Å². The molecule has 0 atom stereocenters. The molecule has 0 saturated heterocycles. The molecule has 0 unspecified atom stereocenters. The summed E-state index contributed by atoms with van der Waals surface area (Å²) < 4.78 is 38.6. The molecule has 1 aliphatic heterocycles. The van der Waals surface area contributed by atoms with E-state index in [1.165, 1.54) is 16.4 Å². The van der Waals surface area contributed by atoms with Crippen LogP contribution in [0.1, 0.15) is 30.4 Å². The highest BCUT2D eigenvalue weighted by Crippen LogP contribution is 2.47. The van der Waals surface area contributed by atoms with E-state index >= 15 is 0 Å². The number of rotatable bonds is 5. The number of hydrogen-bond acceptors (Lipinski definition) is 4. The Hall–Kier alpha value is -2.94. The van der Waals surface area contributed by atoms with Gasteiger partial charge in [-0.1, -0.05) is 18.2 Å². The maximum Gasteiger partial charge on any atom is 0.313 e. The highest BCUT2D eigenvalue weighted by molar-refractivity contribution is 7.92. The van der Waals surface area contributed by atoms with Crippen molar-refractivity contribution in [2.75, 3.05) is 29.0 Å².